The minimum Gasteiger partial charge on any atom is -0.463 e. The van der Waals surface area contributed by atoms with Gasteiger partial charge < -0.3 is 29.0 Å². The van der Waals surface area contributed by atoms with Gasteiger partial charge >= 0.3 is 29.9 Å². The van der Waals surface area contributed by atoms with Gasteiger partial charge in [-0.2, -0.15) is 0 Å². The molecule has 5 atom stereocenters. The van der Waals surface area contributed by atoms with Gasteiger partial charge in [0, 0.05) is 39.8 Å². The van der Waals surface area contributed by atoms with E-state index in [9.17, 15) is 42.5 Å². The first-order valence-corrected chi connectivity index (χ1v) is 12.5. The smallest absolute Gasteiger partial charge is 0.329 e. The lowest BCUT2D eigenvalue weighted by Gasteiger charge is -2.44. The van der Waals surface area contributed by atoms with E-state index in [1.807, 2.05) is 0 Å². The number of urea groups is 1. The van der Waals surface area contributed by atoms with Crippen LogP contribution >= 0.6 is 0 Å². The van der Waals surface area contributed by atoms with Gasteiger partial charge in [0.05, 0.1) is 9.82 Å². The number of carbonyl (C=O) groups is 5. The standard InChI is InChI=1S/C21H25N3O14S/c1-10(25)34-9-16-18(35-11(2)26)19(36-12(3)27)17(20(38-16)37-13(4)28)22-21(29)23-39(32,33)15-7-5-14(6-8-15)24(30)31/h5-8,16-20H,9H2,1-4H3,(H2,22,23,29)/t16-,17-,18-,19-,20-/m1/s1. The Labute approximate surface area is 221 Å². The molecule has 1 aliphatic heterocycles. The van der Waals surface area contributed by atoms with E-state index in [2.05, 4.69) is 5.32 Å². The van der Waals surface area contributed by atoms with E-state index in [-0.39, 0.29) is 0 Å². The second kappa shape index (κ2) is 13.0. The average molecular weight is 576 g/mol. The highest BCUT2D eigenvalue weighted by atomic mass is 32.2. The van der Waals surface area contributed by atoms with Crippen LogP contribution < -0.4 is 10.0 Å². The maximum atomic E-state index is 12.7. The number of nitrogens with zero attached hydrogens (tertiary/aromatic N) is 1. The van der Waals surface area contributed by atoms with Crippen molar-refractivity contribution in [2.45, 2.75) is 63.2 Å². The highest BCUT2D eigenvalue weighted by Gasteiger charge is 2.52. The Balaban J connectivity index is 2.40. The summed E-state index contributed by atoms with van der Waals surface area (Å²) in [5.74, 6) is -3.49. The van der Waals surface area contributed by atoms with Crippen molar-refractivity contribution < 1.29 is 61.0 Å². The molecule has 1 aromatic carbocycles. The zero-order valence-electron chi connectivity index (χ0n) is 21.0. The molecule has 0 unspecified atom stereocenters. The number of esters is 4. The van der Waals surface area contributed by atoms with Crippen LogP contribution in [0.1, 0.15) is 27.7 Å². The largest absolute Gasteiger partial charge is 0.463 e. The Morgan fingerprint density at radius 3 is 1.92 bits per heavy atom. The molecular weight excluding hydrogens is 550 g/mol. The Bertz CT molecular complexity index is 1230. The van der Waals surface area contributed by atoms with Crippen molar-refractivity contribution in [2.75, 3.05) is 6.61 Å². The van der Waals surface area contributed by atoms with E-state index in [0.717, 1.165) is 52.0 Å². The molecule has 1 fully saturated rings. The van der Waals surface area contributed by atoms with Crippen LogP contribution in [0.25, 0.3) is 0 Å². The first-order chi connectivity index (χ1) is 18.1. The number of carbonyl (C=O) groups excluding carboxylic acids is 5. The number of amides is 2. The van der Waals surface area contributed by atoms with Crippen molar-refractivity contribution in [1.82, 2.24) is 10.0 Å². The molecule has 0 bridgehead atoms. The number of nitrogens with one attached hydrogen (secondary N) is 2. The summed E-state index contributed by atoms with van der Waals surface area (Å²) in [6.45, 7) is 3.52. The number of benzene rings is 1. The number of nitro benzene ring substituents is 1. The average Bonchev–Trinajstić information content (AvgIpc) is 2.80. The molecule has 0 aromatic heterocycles. The monoisotopic (exact) mass is 575 g/mol. The summed E-state index contributed by atoms with van der Waals surface area (Å²) in [6, 6.07) is 0.511. The highest BCUT2D eigenvalue weighted by molar-refractivity contribution is 7.90. The third-order valence-electron chi connectivity index (χ3n) is 4.87. The zero-order chi connectivity index (χ0) is 29.5. The number of ether oxygens (including phenoxy) is 5. The van der Waals surface area contributed by atoms with Gasteiger partial charge in [0.15, 0.2) is 12.2 Å². The fourth-order valence-corrected chi connectivity index (χ4v) is 4.34. The summed E-state index contributed by atoms with van der Waals surface area (Å²) in [5.41, 5.74) is -0.397. The van der Waals surface area contributed by atoms with E-state index in [1.165, 1.54) is 0 Å². The van der Waals surface area contributed by atoms with E-state index in [0.29, 0.717) is 0 Å². The molecule has 18 heteroatoms. The van der Waals surface area contributed by atoms with Gasteiger partial charge in [-0.3, -0.25) is 29.3 Å². The lowest BCUT2D eigenvalue weighted by molar-refractivity contribution is -0.384. The molecule has 1 heterocycles. The van der Waals surface area contributed by atoms with E-state index < -0.39 is 92.7 Å². The number of non-ortho nitro benzene ring substituents is 1. The molecule has 0 spiro atoms. The first kappa shape index (κ1) is 30.9. The highest BCUT2D eigenvalue weighted by Crippen LogP contribution is 2.28. The fourth-order valence-electron chi connectivity index (χ4n) is 3.43. The maximum Gasteiger partial charge on any atom is 0.329 e. The van der Waals surface area contributed by atoms with Crippen molar-refractivity contribution in [1.29, 1.82) is 0 Å². The molecule has 0 radical (unpaired) electrons. The van der Waals surface area contributed by atoms with E-state index in [1.54, 1.807) is 4.72 Å². The molecular formula is C21H25N3O14S. The molecule has 214 valence electrons. The molecule has 2 rings (SSSR count). The second-order valence-electron chi connectivity index (χ2n) is 7.96. The van der Waals surface area contributed by atoms with Crippen LogP contribution in [0.15, 0.2) is 29.2 Å². The van der Waals surface area contributed by atoms with Crippen LogP contribution in [0.3, 0.4) is 0 Å². The second-order valence-corrected chi connectivity index (χ2v) is 9.64. The number of rotatable bonds is 9. The Hall–Kier alpha value is -4.32. The minimum absolute atomic E-state index is 0.397. The molecule has 1 aliphatic rings. The number of sulfonamides is 1. The third-order valence-corrected chi connectivity index (χ3v) is 6.21. The molecule has 0 aliphatic carbocycles. The minimum atomic E-state index is -4.58. The first-order valence-electron chi connectivity index (χ1n) is 11.0. The van der Waals surface area contributed by atoms with Crippen LogP contribution in [0.2, 0.25) is 0 Å². The van der Waals surface area contributed by atoms with Crippen molar-refractivity contribution in [3.63, 3.8) is 0 Å². The number of hydrogen-bond acceptors (Lipinski definition) is 14. The van der Waals surface area contributed by atoms with Gasteiger partial charge in [0.2, 0.25) is 6.29 Å². The summed E-state index contributed by atoms with van der Waals surface area (Å²) >= 11 is 0. The Morgan fingerprint density at radius 2 is 1.44 bits per heavy atom. The SMILES string of the molecule is CC(=O)OC[C@H]1O[C@@H](OC(C)=O)[C@H](NC(=O)NS(=O)(=O)c2ccc([N+](=O)[O-])cc2)[C@@H](OC(C)=O)[C@@H]1OC(C)=O. The van der Waals surface area contributed by atoms with Gasteiger partial charge in [0.1, 0.15) is 18.8 Å². The van der Waals surface area contributed by atoms with Crippen molar-refractivity contribution >= 4 is 45.6 Å². The van der Waals surface area contributed by atoms with Crippen LogP contribution in [0.4, 0.5) is 10.5 Å². The zero-order valence-corrected chi connectivity index (χ0v) is 21.8. The lowest BCUT2D eigenvalue weighted by Crippen LogP contribution is -2.67. The molecule has 2 amide bonds. The Morgan fingerprint density at radius 1 is 0.897 bits per heavy atom. The van der Waals surface area contributed by atoms with Gasteiger partial charge in [-0.1, -0.05) is 0 Å². The predicted octanol–water partition coefficient (Wildman–Crippen LogP) is -0.334. The number of hydrogen-bond donors (Lipinski definition) is 2. The van der Waals surface area contributed by atoms with Gasteiger partial charge in [-0.15, -0.1) is 0 Å². The molecule has 2 N–H and O–H groups in total. The lowest BCUT2D eigenvalue weighted by atomic mass is 9.96. The predicted molar refractivity (Wildman–Crippen MR) is 124 cm³/mol. The van der Waals surface area contributed by atoms with Crippen molar-refractivity contribution in [2.24, 2.45) is 0 Å². The molecule has 1 aromatic rings. The third kappa shape index (κ3) is 8.88. The summed E-state index contributed by atoms with van der Waals surface area (Å²) < 4.78 is 52.9. The summed E-state index contributed by atoms with van der Waals surface area (Å²) in [7, 11) is -4.58. The maximum absolute atomic E-state index is 12.7. The molecule has 0 saturated carbocycles. The van der Waals surface area contributed by atoms with Gasteiger partial charge in [0.25, 0.3) is 15.7 Å². The summed E-state index contributed by atoms with van der Waals surface area (Å²) in [6.07, 6.45) is -6.24. The molecule has 17 nitrogen and oxygen atoms in total. The summed E-state index contributed by atoms with van der Waals surface area (Å²) in [5, 5.41) is 13.0. The number of nitro groups is 1. The van der Waals surface area contributed by atoms with Crippen molar-refractivity contribution in [3.8, 4) is 0 Å². The van der Waals surface area contributed by atoms with Gasteiger partial charge in [-0.25, -0.2) is 17.9 Å². The Kier molecular flexibility index (Phi) is 10.3. The van der Waals surface area contributed by atoms with Gasteiger partial charge in [-0.05, 0) is 12.1 Å². The summed E-state index contributed by atoms with van der Waals surface area (Å²) in [4.78, 5) is 69.1. The van der Waals surface area contributed by atoms with Crippen LogP contribution in [0.5, 0.6) is 0 Å². The van der Waals surface area contributed by atoms with Crippen LogP contribution in [-0.2, 0) is 52.9 Å². The van der Waals surface area contributed by atoms with Crippen molar-refractivity contribution in [3.05, 3.63) is 34.4 Å². The fraction of sp³-hybridized carbons (Fsp3) is 0.476. The normalized spacial score (nSPS) is 22.5. The van der Waals surface area contributed by atoms with Crippen LogP contribution in [-0.4, -0.2) is 80.5 Å². The van der Waals surface area contributed by atoms with E-state index in [4.69, 9.17) is 23.7 Å². The van der Waals surface area contributed by atoms with Crippen LogP contribution in [0, 0.1) is 10.1 Å². The molecule has 39 heavy (non-hydrogen) atoms. The van der Waals surface area contributed by atoms with E-state index >= 15 is 0 Å². The molecule has 1 saturated heterocycles. The quantitative estimate of drug-likeness (QED) is 0.166. The topological polar surface area (TPSA) is 233 Å².